The summed E-state index contributed by atoms with van der Waals surface area (Å²) < 4.78 is 27.5. The number of rotatable bonds is 7. The molecular formula is C21H26N4O5S. The lowest BCUT2D eigenvalue weighted by Gasteiger charge is -2.36. The van der Waals surface area contributed by atoms with Gasteiger partial charge in [0.1, 0.15) is 0 Å². The van der Waals surface area contributed by atoms with Crippen LogP contribution in [0.25, 0.3) is 0 Å². The predicted molar refractivity (Wildman–Crippen MR) is 118 cm³/mol. The zero-order valence-electron chi connectivity index (χ0n) is 17.5. The summed E-state index contributed by atoms with van der Waals surface area (Å²) in [5.74, 6) is -1.18. The van der Waals surface area contributed by atoms with Crippen molar-refractivity contribution in [3.63, 3.8) is 0 Å². The first-order valence-corrected chi connectivity index (χ1v) is 11.3. The number of likely N-dealkylation sites (N-methyl/N-ethyl adjacent to an activating group) is 1. The summed E-state index contributed by atoms with van der Waals surface area (Å²) in [6.45, 7) is 2.96. The van der Waals surface area contributed by atoms with Gasteiger partial charge in [0.05, 0.1) is 22.7 Å². The molecule has 1 aliphatic heterocycles. The third kappa shape index (κ3) is 5.53. The largest absolute Gasteiger partial charge is 0.478 e. The molecule has 31 heavy (non-hydrogen) atoms. The van der Waals surface area contributed by atoms with Crippen molar-refractivity contribution in [3.8, 4) is 0 Å². The van der Waals surface area contributed by atoms with Crippen LogP contribution in [0.2, 0.25) is 0 Å². The van der Waals surface area contributed by atoms with Gasteiger partial charge in [0.25, 0.3) is 10.0 Å². The molecule has 0 aromatic heterocycles. The Hall–Kier alpha value is -3.11. The van der Waals surface area contributed by atoms with E-state index >= 15 is 0 Å². The maximum absolute atomic E-state index is 12.6. The smallest absolute Gasteiger partial charge is 0.337 e. The van der Waals surface area contributed by atoms with E-state index in [4.69, 9.17) is 0 Å². The van der Waals surface area contributed by atoms with Crippen LogP contribution in [-0.2, 0) is 14.8 Å². The van der Waals surface area contributed by atoms with Crippen molar-refractivity contribution in [2.75, 3.05) is 56.4 Å². The van der Waals surface area contributed by atoms with E-state index in [1.807, 2.05) is 4.90 Å². The summed E-state index contributed by atoms with van der Waals surface area (Å²) in [6, 6.07) is 12.4. The highest BCUT2D eigenvalue weighted by molar-refractivity contribution is 7.92. The highest BCUT2D eigenvalue weighted by atomic mass is 32.2. The average molecular weight is 447 g/mol. The van der Waals surface area contributed by atoms with Crippen molar-refractivity contribution in [2.24, 2.45) is 0 Å². The molecule has 0 atom stereocenters. The molecule has 9 nitrogen and oxygen atoms in total. The van der Waals surface area contributed by atoms with E-state index in [2.05, 4.69) is 9.62 Å². The number of nitrogens with zero attached hydrogens (tertiary/aromatic N) is 3. The van der Waals surface area contributed by atoms with Gasteiger partial charge in [-0.25, -0.2) is 13.2 Å². The highest BCUT2D eigenvalue weighted by Gasteiger charge is 2.23. The average Bonchev–Trinajstić information content (AvgIpc) is 2.75. The topological polar surface area (TPSA) is 110 Å². The monoisotopic (exact) mass is 446 g/mol. The second kappa shape index (κ2) is 9.36. The first-order valence-electron chi connectivity index (χ1n) is 9.80. The van der Waals surface area contributed by atoms with Gasteiger partial charge in [-0.1, -0.05) is 18.2 Å². The molecule has 2 N–H and O–H groups in total. The molecule has 1 fully saturated rings. The number of hydrogen-bond donors (Lipinski definition) is 2. The molecule has 0 spiro atoms. The molecule has 0 bridgehead atoms. The molecule has 0 radical (unpaired) electrons. The summed E-state index contributed by atoms with van der Waals surface area (Å²) in [6.07, 6.45) is 0. The second-order valence-corrected chi connectivity index (χ2v) is 9.19. The first kappa shape index (κ1) is 22.6. The van der Waals surface area contributed by atoms with Crippen molar-refractivity contribution in [1.29, 1.82) is 0 Å². The summed E-state index contributed by atoms with van der Waals surface area (Å²) in [4.78, 5) is 29.4. The third-order valence-corrected chi connectivity index (χ3v) is 6.51. The molecule has 3 rings (SSSR count). The van der Waals surface area contributed by atoms with Gasteiger partial charge in [0.15, 0.2) is 0 Å². The van der Waals surface area contributed by atoms with Gasteiger partial charge < -0.3 is 14.9 Å². The minimum Gasteiger partial charge on any atom is -0.478 e. The number of carbonyl (C=O) groups is 2. The number of carbonyl (C=O) groups excluding carboxylic acids is 1. The van der Waals surface area contributed by atoms with Gasteiger partial charge in [-0.05, 0) is 30.3 Å². The molecule has 1 amide bonds. The fourth-order valence-electron chi connectivity index (χ4n) is 3.30. The summed E-state index contributed by atoms with van der Waals surface area (Å²) in [5, 5.41) is 9.65. The molecular weight excluding hydrogens is 420 g/mol. The lowest BCUT2D eigenvalue weighted by atomic mass is 10.1. The van der Waals surface area contributed by atoms with Crippen LogP contribution in [0.4, 0.5) is 11.4 Å². The van der Waals surface area contributed by atoms with Crippen molar-refractivity contribution in [1.82, 2.24) is 9.80 Å². The lowest BCUT2D eigenvalue weighted by molar-refractivity contribution is -0.129. The molecule has 10 heteroatoms. The lowest BCUT2D eigenvalue weighted by Crippen LogP contribution is -2.49. The second-order valence-electron chi connectivity index (χ2n) is 7.50. The molecule has 2 aromatic carbocycles. The Kier molecular flexibility index (Phi) is 6.81. The quantitative estimate of drug-likeness (QED) is 0.661. The number of aromatic carboxylic acids is 1. The van der Waals surface area contributed by atoms with Gasteiger partial charge in [-0.3, -0.25) is 14.4 Å². The number of nitrogens with one attached hydrogen (secondary N) is 1. The number of carboxylic acid groups (broad SMARTS) is 1. The fraction of sp³-hybridized carbons (Fsp3) is 0.333. The van der Waals surface area contributed by atoms with Crippen LogP contribution in [0.5, 0.6) is 0 Å². The number of carboxylic acids is 1. The van der Waals surface area contributed by atoms with Gasteiger partial charge in [0.2, 0.25) is 5.91 Å². The summed E-state index contributed by atoms with van der Waals surface area (Å²) >= 11 is 0. The number of piperazine rings is 1. The fourth-order valence-corrected chi connectivity index (χ4v) is 4.40. The van der Waals surface area contributed by atoms with Crippen LogP contribution in [0.15, 0.2) is 53.4 Å². The molecule has 0 saturated carbocycles. The molecule has 166 valence electrons. The Labute approximate surface area is 181 Å². The number of sulfonamides is 1. The Morgan fingerprint density at radius 3 is 2.26 bits per heavy atom. The summed E-state index contributed by atoms with van der Waals surface area (Å²) in [5.41, 5.74) is 0.580. The Balaban J connectivity index is 1.74. The zero-order chi connectivity index (χ0) is 22.6. The normalized spacial score (nSPS) is 14.8. The van der Waals surface area contributed by atoms with Crippen LogP contribution in [-0.4, -0.2) is 82.0 Å². The predicted octanol–water partition coefficient (Wildman–Crippen LogP) is 1.40. The number of amides is 1. The van der Waals surface area contributed by atoms with Crippen LogP contribution < -0.4 is 9.62 Å². The van der Waals surface area contributed by atoms with E-state index in [9.17, 15) is 23.1 Å². The zero-order valence-corrected chi connectivity index (χ0v) is 18.3. The van der Waals surface area contributed by atoms with E-state index in [1.54, 1.807) is 43.3 Å². The Bertz CT molecular complexity index is 1050. The first-order chi connectivity index (χ1) is 14.7. The maximum atomic E-state index is 12.6. The standard InChI is InChI=1S/C21H26N4O5S/c1-23(2)20(26)15-24-10-12-25(13-11-24)16-8-9-19(18(14-16)21(27)28)22-31(29,30)17-6-4-3-5-7-17/h3-9,14,22H,10-13,15H2,1-2H3,(H,27,28). The van der Waals surface area contributed by atoms with Crippen LogP contribution >= 0.6 is 0 Å². The van der Waals surface area contributed by atoms with Crippen molar-refractivity contribution in [3.05, 3.63) is 54.1 Å². The van der Waals surface area contributed by atoms with Crippen molar-refractivity contribution in [2.45, 2.75) is 4.90 Å². The molecule has 1 heterocycles. The van der Waals surface area contributed by atoms with Crippen molar-refractivity contribution >= 4 is 33.3 Å². The van der Waals surface area contributed by atoms with E-state index < -0.39 is 16.0 Å². The van der Waals surface area contributed by atoms with Gasteiger partial charge in [0, 0.05) is 46.0 Å². The van der Waals surface area contributed by atoms with Crippen molar-refractivity contribution < 1.29 is 23.1 Å². The number of anilines is 2. The highest BCUT2D eigenvalue weighted by Crippen LogP contribution is 2.26. The maximum Gasteiger partial charge on any atom is 0.337 e. The minimum atomic E-state index is -3.90. The molecule has 0 aliphatic carbocycles. The summed E-state index contributed by atoms with van der Waals surface area (Å²) in [7, 11) is -0.459. The number of hydrogen-bond acceptors (Lipinski definition) is 6. The minimum absolute atomic E-state index is 0.00955. The van der Waals surface area contributed by atoms with E-state index in [1.165, 1.54) is 24.3 Å². The van der Waals surface area contributed by atoms with Crippen LogP contribution in [0, 0.1) is 0 Å². The van der Waals surface area contributed by atoms with E-state index in [0.717, 1.165) is 0 Å². The van der Waals surface area contributed by atoms with E-state index in [-0.39, 0.29) is 22.1 Å². The third-order valence-electron chi connectivity index (χ3n) is 5.13. The molecule has 1 saturated heterocycles. The molecule has 1 aliphatic rings. The van der Waals surface area contributed by atoms with Gasteiger partial charge in [-0.15, -0.1) is 0 Å². The Morgan fingerprint density at radius 2 is 1.68 bits per heavy atom. The number of benzene rings is 2. The molecule has 2 aromatic rings. The van der Waals surface area contributed by atoms with Gasteiger partial charge in [-0.2, -0.15) is 0 Å². The SMILES string of the molecule is CN(C)C(=O)CN1CCN(c2ccc(NS(=O)(=O)c3ccccc3)c(C(=O)O)c2)CC1. The van der Waals surface area contributed by atoms with Crippen LogP contribution in [0.3, 0.4) is 0 Å². The van der Waals surface area contributed by atoms with E-state index in [0.29, 0.717) is 38.4 Å². The molecule has 0 unspecified atom stereocenters. The van der Waals surface area contributed by atoms with Crippen LogP contribution in [0.1, 0.15) is 10.4 Å². The Morgan fingerprint density at radius 1 is 1.03 bits per heavy atom. The van der Waals surface area contributed by atoms with Gasteiger partial charge >= 0.3 is 5.97 Å².